The van der Waals surface area contributed by atoms with Crippen molar-refractivity contribution >= 4 is 17.7 Å². The van der Waals surface area contributed by atoms with E-state index in [1.165, 1.54) is 6.07 Å². The molecule has 1 amide bonds. The fourth-order valence-electron chi connectivity index (χ4n) is 1.34. The minimum absolute atomic E-state index is 0.181. The highest BCUT2D eigenvalue weighted by atomic mass is 32.2. The number of nitrogens with two attached hydrogens (primary N) is 1. The van der Waals surface area contributed by atoms with Gasteiger partial charge in [-0.05, 0) is 12.1 Å². The number of terminal acetylenes is 1. The number of thioether (sulfide) groups is 1. The maximum Gasteiger partial charge on any atom is 0.248 e. The lowest BCUT2D eigenvalue weighted by Crippen LogP contribution is -2.18. The lowest BCUT2D eigenvalue weighted by Gasteiger charge is -2.06. The van der Waals surface area contributed by atoms with Crippen molar-refractivity contribution in [3.63, 3.8) is 0 Å². The number of benzene rings is 1. The van der Waals surface area contributed by atoms with Gasteiger partial charge in [0.15, 0.2) is 0 Å². The summed E-state index contributed by atoms with van der Waals surface area (Å²) >= 11 is 1.65. The van der Waals surface area contributed by atoms with Crippen molar-refractivity contribution in [1.82, 2.24) is 5.32 Å². The molecule has 3 nitrogen and oxygen atoms in total. The molecular formula is C13H15FN2OS. The summed E-state index contributed by atoms with van der Waals surface area (Å²) in [7, 11) is 0. The van der Waals surface area contributed by atoms with Crippen LogP contribution in [-0.4, -0.2) is 24.0 Å². The fraction of sp³-hybridized carbons (Fsp3) is 0.308. The summed E-state index contributed by atoms with van der Waals surface area (Å²) < 4.78 is 13.6. The van der Waals surface area contributed by atoms with E-state index in [0.717, 1.165) is 18.4 Å². The lowest BCUT2D eigenvalue weighted by atomic mass is 10.1. The zero-order valence-electron chi connectivity index (χ0n) is 9.91. The topological polar surface area (TPSA) is 55.1 Å². The van der Waals surface area contributed by atoms with Crippen LogP contribution in [0.25, 0.3) is 0 Å². The first-order chi connectivity index (χ1) is 8.65. The molecule has 1 aromatic carbocycles. The third-order valence-corrected chi connectivity index (χ3v) is 3.13. The van der Waals surface area contributed by atoms with E-state index in [-0.39, 0.29) is 5.56 Å². The van der Waals surface area contributed by atoms with Crippen LogP contribution in [0.4, 0.5) is 4.39 Å². The number of primary amides is 1. The highest BCUT2D eigenvalue weighted by Crippen LogP contribution is 2.10. The van der Waals surface area contributed by atoms with Crippen LogP contribution < -0.4 is 11.1 Å². The van der Waals surface area contributed by atoms with E-state index in [4.69, 9.17) is 12.2 Å². The number of rotatable bonds is 7. The van der Waals surface area contributed by atoms with Crippen molar-refractivity contribution in [3.8, 4) is 12.3 Å². The zero-order valence-corrected chi connectivity index (χ0v) is 10.7. The summed E-state index contributed by atoms with van der Waals surface area (Å²) in [5.41, 5.74) is 5.76. The number of hydrogen-bond donors (Lipinski definition) is 2. The molecule has 0 aromatic heterocycles. The zero-order chi connectivity index (χ0) is 13.4. The van der Waals surface area contributed by atoms with E-state index >= 15 is 0 Å². The minimum atomic E-state index is -0.626. The Bertz CT molecular complexity index is 457. The molecule has 96 valence electrons. The Morgan fingerprint density at radius 2 is 2.33 bits per heavy atom. The summed E-state index contributed by atoms with van der Waals surface area (Å²) in [6, 6.07) is 4.25. The standard InChI is InChI=1S/C13H15FN2OS/c1-2-6-18-7-5-16-9-11-4-3-10(13(15)17)8-12(11)14/h1,3-4,8,16H,5-7,9H2,(H2,15,17). The highest BCUT2D eigenvalue weighted by molar-refractivity contribution is 7.99. The van der Waals surface area contributed by atoms with E-state index in [1.54, 1.807) is 17.8 Å². The van der Waals surface area contributed by atoms with Crippen LogP contribution in [0.2, 0.25) is 0 Å². The highest BCUT2D eigenvalue weighted by Gasteiger charge is 2.06. The molecule has 0 aliphatic carbocycles. The van der Waals surface area contributed by atoms with Gasteiger partial charge in [-0.15, -0.1) is 18.2 Å². The SMILES string of the molecule is C#CCSCCNCc1ccc(C(N)=O)cc1F. The minimum Gasteiger partial charge on any atom is -0.366 e. The fourth-order valence-corrected chi connectivity index (χ4v) is 1.89. The third kappa shape index (κ3) is 4.78. The van der Waals surface area contributed by atoms with Crippen LogP contribution in [0.1, 0.15) is 15.9 Å². The molecule has 0 aliphatic rings. The normalized spacial score (nSPS) is 10.0. The average molecular weight is 266 g/mol. The van der Waals surface area contributed by atoms with Crippen LogP contribution >= 0.6 is 11.8 Å². The lowest BCUT2D eigenvalue weighted by molar-refractivity contribution is 0.1000. The Labute approximate surface area is 110 Å². The van der Waals surface area contributed by atoms with Crippen molar-refractivity contribution in [2.45, 2.75) is 6.54 Å². The van der Waals surface area contributed by atoms with Gasteiger partial charge in [-0.25, -0.2) is 4.39 Å². The molecule has 0 spiro atoms. The van der Waals surface area contributed by atoms with Gasteiger partial charge in [0.2, 0.25) is 5.91 Å². The van der Waals surface area contributed by atoms with Crippen LogP contribution in [-0.2, 0) is 6.54 Å². The van der Waals surface area contributed by atoms with Crippen LogP contribution in [0.5, 0.6) is 0 Å². The number of hydrogen-bond acceptors (Lipinski definition) is 3. The van der Waals surface area contributed by atoms with Crippen molar-refractivity contribution < 1.29 is 9.18 Å². The van der Waals surface area contributed by atoms with E-state index in [1.807, 2.05) is 0 Å². The van der Waals surface area contributed by atoms with E-state index in [2.05, 4.69) is 11.2 Å². The first kappa shape index (κ1) is 14.6. The van der Waals surface area contributed by atoms with Gasteiger partial charge in [0, 0.05) is 30.0 Å². The summed E-state index contributed by atoms with van der Waals surface area (Å²) in [6.07, 6.45) is 5.11. The van der Waals surface area contributed by atoms with Gasteiger partial charge in [0.05, 0.1) is 5.75 Å². The summed E-state index contributed by atoms with van der Waals surface area (Å²) in [5.74, 6) is 3.05. The molecule has 0 aliphatic heterocycles. The Kier molecular flexibility index (Phi) is 6.26. The molecule has 0 bridgehead atoms. The molecule has 1 rings (SSSR count). The number of carbonyl (C=O) groups is 1. The molecule has 0 saturated carbocycles. The molecule has 0 saturated heterocycles. The van der Waals surface area contributed by atoms with Gasteiger partial charge < -0.3 is 11.1 Å². The van der Waals surface area contributed by atoms with Crippen LogP contribution in [0.15, 0.2) is 18.2 Å². The van der Waals surface area contributed by atoms with Crippen molar-refractivity contribution in [3.05, 3.63) is 35.1 Å². The second-order valence-electron chi connectivity index (χ2n) is 3.60. The van der Waals surface area contributed by atoms with Gasteiger partial charge in [-0.1, -0.05) is 12.0 Å². The number of carbonyl (C=O) groups excluding carboxylic acids is 1. The summed E-state index contributed by atoms with van der Waals surface area (Å²) in [4.78, 5) is 10.8. The molecule has 0 fully saturated rings. The Hall–Kier alpha value is -1.51. The van der Waals surface area contributed by atoms with E-state index in [0.29, 0.717) is 17.9 Å². The molecule has 0 atom stereocenters. The molecule has 1 aromatic rings. The molecule has 0 unspecified atom stereocenters. The van der Waals surface area contributed by atoms with Gasteiger partial charge in [-0.3, -0.25) is 4.79 Å². The monoisotopic (exact) mass is 266 g/mol. The number of nitrogens with one attached hydrogen (secondary N) is 1. The number of amides is 1. The summed E-state index contributed by atoms with van der Waals surface area (Å²) in [6.45, 7) is 1.17. The molecule has 18 heavy (non-hydrogen) atoms. The second-order valence-corrected chi connectivity index (χ2v) is 4.71. The number of halogens is 1. The smallest absolute Gasteiger partial charge is 0.248 e. The predicted octanol–water partition coefficient (Wildman–Crippen LogP) is 1.38. The van der Waals surface area contributed by atoms with Crippen molar-refractivity contribution in [1.29, 1.82) is 0 Å². The van der Waals surface area contributed by atoms with Crippen molar-refractivity contribution in [2.75, 3.05) is 18.1 Å². The molecule has 5 heteroatoms. The van der Waals surface area contributed by atoms with Crippen LogP contribution in [0.3, 0.4) is 0 Å². The van der Waals surface area contributed by atoms with Gasteiger partial charge in [-0.2, -0.15) is 0 Å². The molecule has 0 radical (unpaired) electrons. The van der Waals surface area contributed by atoms with Crippen LogP contribution in [0, 0.1) is 18.2 Å². The van der Waals surface area contributed by atoms with E-state index in [9.17, 15) is 9.18 Å². The average Bonchev–Trinajstić information content (AvgIpc) is 2.35. The Balaban J connectivity index is 2.39. The summed E-state index contributed by atoms with van der Waals surface area (Å²) in [5, 5.41) is 3.10. The molecular weight excluding hydrogens is 251 g/mol. The molecule has 3 N–H and O–H groups in total. The maximum atomic E-state index is 13.6. The van der Waals surface area contributed by atoms with Crippen molar-refractivity contribution in [2.24, 2.45) is 5.73 Å². The molecule has 0 heterocycles. The second kappa shape index (κ2) is 7.75. The largest absolute Gasteiger partial charge is 0.366 e. The quantitative estimate of drug-likeness (QED) is 0.579. The van der Waals surface area contributed by atoms with E-state index < -0.39 is 11.7 Å². The van der Waals surface area contributed by atoms with Gasteiger partial charge >= 0.3 is 0 Å². The van der Waals surface area contributed by atoms with Gasteiger partial charge in [0.1, 0.15) is 5.82 Å². The van der Waals surface area contributed by atoms with Gasteiger partial charge in [0.25, 0.3) is 0 Å². The maximum absolute atomic E-state index is 13.6. The first-order valence-electron chi connectivity index (χ1n) is 5.45. The third-order valence-electron chi connectivity index (χ3n) is 2.26. The Morgan fingerprint density at radius 3 is 2.94 bits per heavy atom. The first-order valence-corrected chi connectivity index (χ1v) is 6.60. The predicted molar refractivity (Wildman–Crippen MR) is 72.8 cm³/mol. The Morgan fingerprint density at radius 1 is 1.56 bits per heavy atom.